The number of fused-ring (bicyclic) bond motifs is 1. The van der Waals surface area contributed by atoms with Gasteiger partial charge in [-0.2, -0.15) is 0 Å². The molecule has 0 saturated carbocycles. The maximum Gasteiger partial charge on any atom is 0.331 e. The number of amides is 1. The van der Waals surface area contributed by atoms with Crippen molar-refractivity contribution in [1.82, 2.24) is 14.5 Å². The van der Waals surface area contributed by atoms with Crippen LogP contribution in [0.4, 0.5) is 0 Å². The molecule has 33 heavy (non-hydrogen) atoms. The van der Waals surface area contributed by atoms with E-state index in [9.17, 15) is 14.4 Å². The van der Waals surface area contributed by atoms with E-state index in [-0.39, 0.29) is 30.1 Å². The van der Waals surface area contributed by atoms with Gasteiger partial charge in [-0.25, -0.2) is 4.79 Å². The van der Waals surface area contributed by atoms with Gasteiger partial charge in [0.2, 0.25) is 5.91 Å². The smallest absolute Gasteiger partial charge is 0.331 e. The molecular weight excluding hydrogens is 434 g/mol. The molecule has 0 aliphatic rings. The van der Waals surface area contributed by atoms with Gasteiger partial charge in [-0.15, -0.1) is 11.3 Å². The summed E-state index contributed by atoms with van der Waals surface area (Å²) in [4.78, 5) is 38.8. The number of carbonyl (C=O) groups excluding carboxylic acids is 1. The van der Waals surface area contributed by atoms with Crippen molar-refractivity contribution in [3.63, 3.8) is 0 Å². The first-order valence-electron chi connectivity index (χ1n) is 10.9. The van der Waals surface area contributed by atoms with Crippen molar-refractivity contribution in [1.29, 1.82) is 0 Å². The van der Waals surface area contributed by atoms with Gasteiger partial charge in [0.1, 0.15) is 4.70 Å². The third kappa shape index (κ3) is 4.83. The second kappa shape index (κ2) is 9.58. The number of hydrogen-bond acceptors (Lipinski definition) is 4. The minimum atomic E-state index is -0.388. The van der Waals surface area contributed by atoms with Crippen LogP contribution in [0.3, 0.4) is 0 Å². The lowest BCUT2D eigenvalue weighted by atomic mass is 10.00. The Kier molecular flexibility index (Phi) is 6.60. The Morgan fingerprint density at radius 1 is 0.970 bits per heavy atom. The maximum absolute atomic E-state index is 13.4. The van der Waals surface area contributed by atoms with E-state index in [1.165, 1.54) is 21.5 Å². The van der Waals surface area contributed by atoms with Crippen LogP contribution in [0.25, 0.3) is 10.2 Å². The summed E-state index contributed by atoms with van der Waals surface area (Å²) in [6.07, 6.45) is 0.0570. The minimum absolute atomic E-state index is 0.0397. The minimum Gasteiger partial charge on any atom is -0.352 e. The van der Waals surface area contributed by atoms with E-state index in [1.807, 2.05) is 55.6 Å². The molecule has 170 valence electrons. The van der Waals surface area contributed by atoms with E-state index in [0.717, 1.165) is 22.3 Å². The van der Waals surface area contributed by atoms with Crippen molar-refractivity contribution in [2.45, 2.75) is 46.8 Å². The molecule has 0 fully saturated rings. The van der Waals surface area contributed by atoms with Crippen LogP contribution in [-0.4, -0.2) is 15.0 Å². The summed E-state index contributed by atoms with van der Waals surface area (Å²) in [6, 6.07) is 15.6. The van der Waals surface area contributed by atoms with E-state index in [2.05, 4.69) is 24.4 Å². The van der Waals surface area contributed by atoms with E-state index in [0.29, 0.717) is 23.3 Å². The monoisotopic (exact) mass is 461 g/mol. The molecule has 2 aromatic heterocycles. The molecule has 0 spiro atoms. The number of hydrogen-bond donors (Lipinski definition) is 1. The average molecular weight is 462 g/mol. The highest BCUT2D eigenvalue weighted by molar-refractivity contribution is 7.17. The zero-order valence-electron chi connectivity index (χ0n) is 19.1. The maximum atomic E-state index is 13.4. The quantitative estimate of drug-likeness (QED) is 0.454. The van der Waals surface area contributed by atoms with Crippen molar-refractivity contribution in [2.75, 3.05) is 0 Å². The van der Waals surface area contributed by atoms with Crippen molar-refractivity contribution < 1.29 is 4.79 Å². The molecule has 0 saturated heterocycles. The Balaban J connectivity index is 1.61. The highest BCUT2D eigenvalue weighted by atomic mass is 32.1. The topological polar surface area (TPSA) is 73.1 Å². The molecule has 0 unspecified atom stereocenters. The highest BCUT2D eigenvalue weighted by Gasteiger charge is 2.17. The predicted octanol–water partition coefficient (Wildman–Crippen LogP) is 3.90. The van der Waals surface area contributed by atoms with Gasteiger partial charge < -0.3 is 5.32 Å². The van der Waals surface area contributed by atoms with Gasteiger partial charge in [0.25, 0.3) is 5.56 Å². The van der Waals surface area contributed by atoms with Crippen molar-refractivity contribution in [2.24, 2.45) is 0 Å². The van der Waals surface area contributed by atoms with E-state index >= 15 is 0 Å². The standard InChI is InChI=1S/C26H27N3O3S/c1-17-13-18(2)21(19(3)14-17)16-29-22-10-12-33-24(22)25(31)28(26(29)32)11-9-23(30)27-15-20-7-5-4-6-8-20/h4-8,10,12-14H,9,11,15-16H2,1-3H3,(H,27,30). The molecule has 1 N–H and O–H groups in total. The van der Waals surface area contributed by atoms with Gasteiger partial charge >= 0.3 is 5.69 Å². The molecule has 4 aromatic rings. The summed E-state index contributed by atoms with van der Waals surface area (Å²) < 4.78 is 3.38. The summed E-state index contributed by atoms with van der Waals surface area (Å²) in [7, 11) is 0. The first kappa shape index (κ1) is 22.7. The van der Waals surface area contributed by atoms with Crippen LogP contribution in [-0.2, 0) is 24.4 Å². The molecule has 0 radical (unpaired) electrons. The Labute approximate surface area is 196 Å². The normalized spacial score (nSPS) is 11.1. The second-order valence-corrected chi connectivity index (χ2v) is 9.27. The number of aromatic nitrogens is 2. The molecule has 0 aliphatic carbocycles. The Hall–Kier alpha value is -3.45. The van der Waals surface area contributed by atoms with Crippen LogP contribution in [0.15, 0.2) is 63.5 Å². The van der Waals surface area contributed by atoms with E-state index in [4.69, 9.17) is 0 Å². The number of rotatable bonds is 7. The fraction of sp³-hybridized carbons (Fsp3) is 0.269. The van der Waals surface area contributed by atoms with Crippen LogP contribution in [0.1, 0.15) is 34.2 Å². The lowest BCUT2D eigenvalue weighted by Crippen LogP contribution is -2.41. The number of carbonyl (C=O) groups is 1. The van der Waals surface area contributed by atoms with Crippen LogP contribution in [0.5, 0.6) is 0 Å². The Morgan fingerprint density at radius 3 is 2.36 bits per heavy atom. The van der Waals surface area contributed by atoms with Gasteiger partial charge in [-0.3, -0.25) is 18.7 Å². The number of nitrogens with zero attached hydrogens (tertiary/aromatic N) is 2. The Bertz CT molecular complexity index is 1410. The molecule has 2 heterocycles. The van der Waals surface area contributed by atoms with Crippen LogP contribution < -0.4 is 16.6 Å². The zero-order valence-corrected chi connectivity index (χ0v) is 19.9. The molecule has 7 heteroatoms. The fourth-order valence-electron chi connectivity index (χ4n) is 4.20. The molecule has 1 amide bonds. The lowest BCUT2D eigenvalue weighted by Gasteiger charge is -2.16. The number of thiophene rings is 1. The van der Waals surface area contributed by atoms with Crippen LogP contribution >= 0.6 is 11.3 Å². The molecule has 0 aliphatic heterocycles. The molecule has 4 rings (SSSR count). The largest absolute Gasteiger partial charge is 0.352 e. The lowest BCUT2D eigenvalue weighted by molar-refractivity contribution is -0.121. The van der Waals surface area contributed by atoms with Gasteiger partial charge in [0, 0.05) is 19.5 Å². The van der Waals surface area contributed by atoms with E-state index < -0.39 is 0 Å². The van der Waals surface area contributed by atoms with Gasteiger partial charge in [-0.1, -0.05) is 48.0 Å². The highest BCUT2D eigenvalue weighted by Crippen LogP contribution is 2.21. The van der Waals surface area contributed by atoms with Crippen molar-refractivity contribution in [3.8, 4) is 0 Å². The molecule has 2 aromatic carbocycles. The van der Waals surface area contributed by atoms with Crippen LogP contribution in [0, 0.1) is 20.8 Å². The SMILES string of the molecule is Cc1cc(C)c(Cn2c(=O)n(CCC(=O)NCc3ccccc3)c(=O)c3sccc32)c(C)c1. The summed E-state index contributed by atoms with van der Waals surface area (Å²) in [5, 5.41) is 4.68. The molecular formula is C26H27N3O3S. The zero-order chi connectivity index (χ0) is 23.5. The predicted molar refractivity (Wildman–Crippen MR) is 133 cm³/mol. The molecule has 6 nitrogen and oxygen atoms in total. The van der Waals surface area contributed by atoms with Crippen molar-refractivity contribution >= 4 is 27.5 Å². The average Bonchev–Trinajstić information content (AvgIpc) is 3.27. The van der Waals surface area contributed by atoms with Gasteiger partial charge in [0.15, 0.2) is 0 Å². The fourth-order valence-corrected chi connectivity index (χ4v) is 5.04. The summed E-state index contributed by atoms with van der Waals surface area (Å²) in [5.41, 5.74) is 5.37. The number of nitrogens with one attached hydrogen (secondary N) is 1. The number of benzene rings is 2. The summed E-state index contributed by atoms with van der Waals surface area (Å²) in [5.74, 6) is -0.201. The molecule has 0 bridgehead atoms. The van der Waals surface area contributed by atoms with Gasteiger partial charge in [-0.05, 0) is 54.5 Å². The van der Waals surface area contributed by atoms with Crippen LogP contribution in [0.2, 0.25) is 0 Å². The Morgan fingerprint density at radius 2 is 1.67 bits per heavy atom. The van der Waals surface area contributed by atoms with E-state index in [1.54, 1.807) is 4.57 Å². The van der Waals surface area contributed by atoms with Crippen molar-refractivity contribution in [3.05, 3.63) is 103 Å². The third-order valence-corrected chi connectivity index (χ3v) is 6.78. The number of aryl methyl sites for hydroxylation is 3. The summed E-state index contributed by atoms with van der Waals surface area (Å²) in [6.45, 7) is 6.96. The first-order valence-corrected chi connectivity index (χ1v) is 11.8. The second-order valence-electron chi connectivity index (χ2n) is 8.35. The first-order chi connectivity index (χ1) is 15.8. The summed E-state index contributed by atoms with van der Waals surface area (Å²) >= 11 is 1.32. The molecule has 0 atom stereocenters. The van der Waals surface area contributed by atoms with Gasteiger partial charge in [0.05, 0.1) is 12.1 Å². The third-order valence-electron chi connectivity index (χ3n) is 5.89.